The van der Waals surface area contributed by atoms with Crippen molar-refractivity contribution in [1.29, 1.82) is 0 Å². The van der Waals surface area contributed by atoms with Gasteiger partial charge >= 0.3 is 0 Å². The number of hydrogen-bond acceptors (Lipinski definition) is 2. The van der Waals surface area contributed by atoms with Crippen LogP contribution in [-0.2, 0) is 9.53 Å². The lowest BCUT2D eigenvalue weighted by atomic mass is 10.2. The molecule has 0 amide bonds. The van der Waals surface area contributed by atoms with Crippen molar-refractivity contribution in [2.45, 2.75) is 19.8 Å². The Morgan fingerprint density at radius 2 is 2.56 bits per heavy atom. The number of hydrogen-bond donors (Lipinski definition) is 0. The van der Waals surface area contributed by atoms with E-state index in [1.165, 1.54) is 0 Å². The molecule has 0 saturated carbocycles. The average Bonchev–Trinajstić information content (AvgIpc) is 2.65. The lowest BCUT2D eigenvalue weighted by Crippen LogP contribution is -1.90. The van der Waals surface area contributed by atoms with Gasteiger partial charge in [-0.3, -0.25) is 4.79 Å². The Morgan fingerprint density at radius 1 is 1.89 bits per heavy atom. The van der Waals surface area contributed by atoms with Crippen LogP contribution in [0.4, 0.5) is 0 Å². The molecule has 0 N–H and O–H groups in total. The average molecular weight is 126 g/mol. The maximum absolute atomic E-state index is 10.6. The number of ether oxygens (including phenoxy) is 1. The third kappa shape index (κ3) is 2.31. The molecular formula is C7H10O2. The van der Waals surface area contributed by atoms with Gasteiger partial charge in [-0.05, 0) is 6.08 Å². The van der Waals surface area contributed by atoms with E-state index in [1.807, 2.05) is 13.0 Å². The summed E-state index contributed by atoms with van der Waals surface area (Å²) in [5.41, 5.74) is 0. The summed E-state index contributed by atoms with van der Waals surface area (Å²) >= 11 is 0. The molecule has 0 aliphatic carbocycles. The fourth-order valence-corrected chi connectivity index (χ4v) is 0.532. The van der Waals surface area contributed by atoms with Gasteiger partial charge in [-0.2, -0.15) is 0 Å². The van der Waals surface area contributed by atoms with E-state index in [0.717, 1.165) is 12.4 Å². The van der Waals surface area contributed by atoms with Crippen LogP contribution in [0.15, 0.2) is 11.8 Å². The lowest BCUT2D eigenvalue weighted by molar-refractivity contribution is -0.117. The maximum atomic E-state index is 10.6. The first-order chi connectivity index (χ1) is 4.33. The third-order valence-electron chi connectivity index (χ3n) is 1.26. The van der Waals surface area contributed by atoms with Gasteiger partial charge in [0.05, 0.1) is 0 Å². The van der Waals surface area contributed by atoms with Crippen molar-refractivity contribution in [3.8, 4) is 0 Å². The highest BCUT2D eigenvalue weighted by molar-refractivity contribution is 5.79. The predicted molar refractivity (Wildman–Crippen MR) is 33.9 cm³/mol. The van der Waals surface area contributed by atoms with Crippen LogP contribution in [0.2, 0.25) is 0 Å². The molecule has 1 rings (SSSR count). The Labute approximate surface area is 54.5 Å². The van der Waals surface area contributed by atoms with E-state index in [-0.39, 0.29) is 5.78 Å². The van der Waals surface area contributed by atoms with E-state index in [2.05, 4.69) is 0 Å². The first-order valence-electron chi connectivity index (χ1n) is 3.16. The van der Waals surface area contributed by atoms with Gasteiger partial charge in [0.1, 0.15) is 18.1 Å². The van der Waals surface area contributed by atoms with Gasteiger partial charge in [-0.25, -0.2) is 0 Å². The zero-order valence-corrected chi connectivity index (χ0v) is 5.52. The van der Waals surface area contributed by atoms with E-state index in [9.17, 15) is 4.79 Å². The highest BCUT2D eigenvalue weighted by Gasteiger charge is 2.11. The summed E-state index contributed by atoms with van der Waals surface area (Å²) in [6, 6.07) is 0. The number of carbonyl (C=O) groups excluding carboxylic acids is 1. The van der Waals surface area contributed by atoms with Crippen molar-refractivity contribution in [2.24, 2.45) is 0 Å². The standard InChI is InChI=1S/C7H10O2/c1-2-6(8)3-4-7-5-9-7/h4H,2-3,5H2,1H3. The molecule has 2 heteroatoms. The van der Waals surface area contributed by atoms with E-state index in [4.69, 9.17) is 4.74 Å². The van der Waals surface area contributed by atoms with Crippen LogP contribution in [0.3, 0.4) is 0 Å². The molecule has 1 aliphatic heterocycles. The summed E-state index contributed by atoms with van der Waals surface area (Å²) in [6.45, 7) is 2.60. The summed E-state index contributed by atoms with van der Waals surface area (Å²) in [7, 11) is 0. The minimum absolute atomic E-state index is 0.276. The molecule has 0 aromatic rings. The first-order valence-corrected chi connectivity index (χ1v) is 3.16. The Balaban J connectivity index is 2.17. The van der Waals surface area contributed by atoms with E-state index in [0.29, 0.717) is 12.8 Å². The SMILES string of the molecule is CCC(=O)CC=C1CO1. The minimum atomic E-state index is 0.276. The Kier molecular flexibility index (Phi) is 1.88. The largest absolute Gasteiger partial charge is 0.487 e. The van der Waals surface area contributed by atoms with Crippen molar-refractivity contribution in [1.82, 2.24) is 0 Å². The molecule has 0 spiro atoms. The van der Waals surface area contributed by atoms with E-state index in [1.54, 1.807) is 0 Å². The number of carbonyl (C=O) groups is 1. The summed E-state index contributed by atoms with van der Waals surface area (Å²) in [5, 5.41) is 0. The Morgan fingerprint density at radius 3 is 3.00 bits per heavy atom. The predicted octanol–water partition coefficient (Wildman–Crippen LogP) is 1.27. The zero-order chi connectivity index (χ0) is 6.69. The second kappa shape index (κ2) is 2.67. The van der Waals surface area contributed by atoms with Crippen molar-refractivity contribution >= 4 is 5.78 Å². The van der Waals surface area contributed by atoms with Gasteiger partial charge in [0.15, 0.2) is 0 Å². The molecular weight excluding hydrogens is 116 g/mol. The fraction of sp³-hybridized carbons (Fsp3) is 0.571. The smallest absolute Gasteiger partial charge is 0.145 e. The topological polar surface area (TPSA) is 29.6 Å². The molecule has 1 saturated heterocycles. The highest BCUT2D eigenvalue weighted by atomic mass is 16.6. The van der Waals surface area contributed by atoms with Crippen molar-refractivity contribution in [2.75, 3.05) is 6.61 Å². The summed E-state index contributed by atoms with van der Waals surface area (Å²) in [4.78, 5) is 10.6. The summed E-state index contributed by atoms with van der Waals surface area (Å²) in [5.74, 6) is 1.25. The highest BCUT2D eigenvalue weighted by Crippen LogP contribution is 2.14. The molecule has 1 fully saturated rings. The normalized spacial score (nSPS) is 19.4. The van der Waals surface area contributed by atoms with E-state index < -0.39 is 0 Å². The lowest BCUT2D eigenvalue weighted by Gasteiger charge is -1.84. The summed E-state index contributed by atoms with van der Waals surface area (Å²) in [6.07, 6.45) is 3.03. The summed E-state index contributed by atoms with van der Waals surface area (Å²) < 4.78 is 4.81. The van der Waals surface area contributed by atoms with Gasteiger partial charge in [-0.1, -0.05) is 6.92 Å². The van der Waals surface area contributed by atoms with Crippen molar-refractivity contribution in [3.63, 3.8) is 0 Å². The molecule has 9 heavy (non-hydrogen) atoms. The number of Topliss-reactive ketones (excluding diaryl/α,β-unsaturated/α-hetero) is 1. The molecule has 1 aliphatic rings. The van der Waals surface area contributed by atoms with Crippen LogP contribution in [0, 0.1) is 0 Å². The number of epoxide rings is 1. The van der Waals surface area contributed by atoms with Gasteiger partial charge in [0, 0.05) is 12.8 Å². The van der Waals surface area contributed by atoms with Crippen LogP contribution in [0.5, 0.6) is 0 Å². The van der Waals surface area contributed by atoms with Crippen LogP contribution in [0.1, 0.15) is 19.8 Å². The molecule has 0 unspecified atom stereocenters. The quantitative estimate of drug-likeness (QED) is 0.533. The molecule has 0 radical (unpaired) electrons. The number of allylic oxidation sites excluding steroid dienone is 1. The number of rotatable bonds is 3. The molecule has 0 aromatic carbocycles. The first kappa shape index (κ1) is 6.33. The van der Waals surface area contributed by atoms with Gasteiger partial charge in [0.25, 0.3) is 0 Å². The molecule has 50 valence electrons. The van der Waals surface area contributed by atoms with Crippen LogP contribution >= 0.6 is 0 Å². The number of ketones is 1. The monoisotopic (exact) mass is 126 g/mol. The minimum Gasteiger partial charge on any atom is -0.487 e. The molecule has 0 atom stereocenters. The van der Waals surface area contributed by atoms with Gasteiger partial charge in [-0.15, -0.1) is 0 Å². The fourth-order valence-electron chi connectivity index (χ4n) is 0.532. The van der Waals surface area contributed by atoms with Crippen molar-refractivity contribution < 1.29 is 9.53 Å². The zero-order valence-electron chi connectivity index (χ0n) is 5.52. The molecule has 0 aromatic heterocycles. The van der Waals surface area contributed by atoms with Gasteiger partial charge < -0.3 is 4.74 Å². The van der Waals surface area contributed by atoms with Crippen LogP contribution in [-0.4, -0.2) is 12.4 Å². The molecule has 0 bridgehead atoms. The van der Waals surface area contributed by atoms with Crippen LogP contribution < -0.4 is 0 Å². The van der Waals surface area contributed by atoms with Crippen molar-refractivity contribution in [3.05, 3.63) is 11.8 Å². The Bertz CT molecular complexity index is 141. The second-order valence-corrected chi connectivity index (χ2v) is 2.06. The molecule has 2 nitrogen and oxygen atoms in total. The second-order valence-electron chi connectivity index (χ2n) is 2.06. The third-order valence-corrected chi connectivity index (χ3v) is 1.26. The van der Waals surface area contributed by atoms with E-state index >= 15 is 0 Å². The molecule has 1 heterocycles. The van der Waals surface area contributed by atoms with Gasteiger partial charge in [0.2, 0.25) is 0 Å². The maximum Gasteiger partial charge on any atom is 0.145 e. The van der Waals surface area contributed by atoms with Crippen LogP contribution in [0.25, 0.3) is 0 Å². The Hall–Kier alpha value is -0.790.